The Balaban J connectivity index is 2.03. The molecular formula is C14H15N3O2. The molecule has 0 bridgehead atoms. The first-order valence-electron chi connectivity index (χ1n) is 6.44. The van der Waals surface area contributed by atoms with Crippen LogP contribution < -0.4 is 5.32 Å². The zero-order chi connectivity index (χ0) is 13.4. The SMILES string of the molecule is CC1CC(Nc2ccc3ncccc3c2[N+](=O)[O-])C1. The van der Waals surface area contributed by atoms with Crippen molar-refractivity contribution in [2.75, 3.05) is 5.32 Å². The minimum Gasteiger partial charge on any atom is -0.377 e. The van der Waals surface area contributed by atoms with E-state index in [1.807, 2.05) is 6.07 Å². The Kier molecular flexibility index (Phi) is 2.81. The van der Waals surface area contributed by atoms with Crippen LogP contribution in [0.3, 0.4) is 0 Å². The molecule has 1 saturated carbocycles. The third-order valence-corrected chi connectivity index (χ3v) is 3.67. The molecule has 0 spiro atoms. The van der Waals surface area contributed by atoms with Crippen molar-refractivity contribution in [1.29, 1.82) is 0 Å². The first kappa shape index (κ1) is 11.9. The Bertz CT molecular complexity index is 636. The molecule has 1 fully saturated rings. The van der Waals surface area contributed by atoms with Crippen molar-refractivity contribution in [3.05, 3.63) is 40.6 Å². The summed E-state index contributed by atoms with van der Waals surface area (Å²) < 4.78 is 0. The number of hydrogen-bond donors (Lipinski definition) is 1. The number of nitrogens with one attached hydrogen (secondary N) is 1. The van der Waals surface area contributed by atoms with Gasteiger partial charge in [0.1, 0.15) is 5.69 Å². The second kappa shape index (κ2) is 4.50. The molecule has 98 valence electrons. The van der Waals surface area contributed by atoms with E-state index < -0.39 is 0 Å². The highest BCUT2D eigenvalue weighted by molar-refractivity contribution is 5.94. The van der Waals surface area contributed by atoms with E-state index in [1.54, 1.807) is 24.4 Å². The van der Waals surface area contributed by atoms with E-state index >= 15 is 0 Å². The molecular weight excluding hydrogens is 242 g/mol. The van der Waals surface area contributed by atoms with E-state index in [0.29, 0.717) is 28.6 Å². The van der Waals surface area contributed by atoms with Gasteiger partial charge in [-0.1, -0.05) is 6.92 Å². The van der Waals surface area contributed by atoms with E-state index in [2.05, 4.69) is 17.2 Å². The number of fused-ring (bicyclic) bond motifs is 1. The molecule has 3 rings (SSSR count). The van der Waals surface area contributed by atoms with Gasteiger partial charge in [0.25, 0.3) is 0 Å². The van der Waals surface area contributed by atoms with Gasteiger partial charge in [-0.15, -0.1) is 0 Å². The lowest BCUT2D eigenvalue weighted by molar-refractivity contribution is -0.382. The summed E-state index contributed by atoms with van der Waals surface area (Å²) in [5.41, 5.74) is 1.38. The fourth-order valence-electron chi connectivity index (χ4n) is 2.69. The monoisotopic (exact) mass is 257 g/mol. The van der Waals surface area contributed by atoms with E-state index in [-0.39, 0.29) is 10.6 Å². The van der Waals surface area contributed by atoms with Crippen molar-refractivity contribution in [3.8, 4) is 0 Å². The Morgan fingerprint density at radius 2 is 2.16 bits per heavy atom. The highest BCUT2D eigenvalue weighted by atomic mass is 16.6. The van der Waals surface area contributed by atoms with Crippen molar-refractivity contribution in [3.63, 3.8) is 0 Å². The van der Waals surface area contributed by atoms with Gasteiger partial charge in [0.2, 0.25) is 0 Å². The molecule has 0 aliphatic heterocycles. The summed E-state index contributed by atoms with van der Waals surface area (Å²) in [6.45, 7) is 2.19. The number of anilines is 1. The van der Waals surface area contributed by atoms with Crippen molar-refractivity contribution in [1.82, 2.24) is 4.98 Å². The van der Waals surface area contributed by atoms with Gasteiger partial charge >= 0.3 is 5.69 Å². The Hall–Kier alpha value is -2.17. The number of nitro groups is 1. The number of rotatable bonds is 3. The molecule has 1 heterocycles. The molecule has 0 unspecified atom stereocenters. The topological polar surface area (TPSA) is 68.1 Å². The molecule has 5 heteroatoms. The standard InChI is InChI=1S/C14H15N3O2/c1-9-7-10(8-9)16-13-5-4-12-11(3-2-6-15-12)14(13)17(18)19/h2-6,9-10,16H,7-8H2,1H3. The van der Waals surface area contributed by atoms with Crippen LogP contribution in [0.1, 0.15) is 19.8 Å². The molecule has 0 radical (unpaired) electrons. The van der Waals surface area contributed by atoms with Crippen LogP contribution in [0, 0.1) is 16.0 Å². The maximum absolute atomic E-state index is 11.3. The maximum Gasteiger partial charge on any atom is 0.301 e. The van der Waals surface area contributed by atoms with Gasteiger partial charge in [-0.05, 0) is 43.0 Å². The zero-order valence-corrected chi connectivity index (χ0v) is 10.7. The number of pyridine rings is 1. The summed E-state index contributed by atoms with van der Waals surface area (Å²) in [7, 11) is 0. The van der Waals surface area contributed by atoms with Crippen molar-refractivity contribution >= 4 is 22.3 Å². The fraction of sp³-hybridized carbons (Fsp3) is 0.357. The quantitative estimate of drug-likeness (QED) is 0.676. The summed E-state index contributed by atoms with van der Waals surface area (Å²) >= 11 is 0. The first-order valence-corrected chi connectivity index (χ1v) is 6.44. The fourth-order valence-corrected chi connectivity index (χ4v) is 2.69. The van der Waals surface area contributed by atoms with E-state index in [1.165, 1.54) is 0 Å². The van der Waals surface area contributed by atoms with Crippen LogP contribution in [0.2, 0.25) is 0 Å². The molecule has 1 aliphatic carbocycles. The number of benzene rings is 1. The molecule has 2 aromatic rings. The normalized spacial score (nSPS) is 21.9. The lowest BCUT2D eigenvalue weighted by Gasteiger charge is -2.33. The van der Waals surface area contributed by atoms with Gasteiger partial charge in [-0.3, -0.25) is 15.1 Å². The number of aromatic nitrogens is 1. The summed E-state index contributed by atoms with van der Waals surface area (Å²) in [6.07, 6.45) is 3.79. The minimum absolute atomic E-state index is 0.130. The van der Waals surface area contributed by atoms with Gasteiger partial charge in [0, 0.05) is 12.2 Å². The number of nitro benzene ring substituents is 1. The molecule has 1 aliphatic rings. The highest BCUT2D eigenvalue weighted by Crippen LogP contribution is 2.36. The third kappa shape index (κ3) is 2.12. The second-order valence-electron chi connectivity index (χ2n) is 5.21. The molecule has 1 N–H and O–H groups in total. The zero-order valence-electron chi connectivity index (χ0n) is 10.7. The van der Waals surface area contributed by atoms with Gasteiger partial charge in [-0.25, -0.2) is 0 Å². The molecule has 0 atom stereocenters. The van der Waals surface area contributed by atoms with Crippen LogP contribution >= 0.6 is 0 Å². The average Bonchev–Trinajstić information content (AvgIpc) is 2.36. The van der Waals surface area contributed by atoms with E-state index in [0.717, 1.165) is 12.8 Å². The Morgan fingerprint density at radius 1 is 1.37 bits per heavy atom. The van der Waals surface area contributed by atoms with Crippen LogP contribution in [0.4, 0.5) is 11.4 Å². The molecule has 5 nitrogen and oxygen atoms in total. The smallest absolute Gasteiger partial charge is 0.301 e. The molecule has 1 aromatic heterocycles. The van der Waals surface area contributed by atoms with Crippen LogP contribution in [0.25, 0.3) is 10.9 Å². The van der Waals surface area contributed by atoms with Gasteiger partial charge in [0.15, 0.2) is 0 Å². The molecule has 0 amide bonds. The second-order valence-corrected chi connectivity index (χ2v) is 5.21. The van der Waals surface area contributed by atoms with Gasteiger partial charge in [0.05, 0.1) is 15.8 Å². The molecule has 19 heavy (non-hydrogen) atoms. The summed E-state index contributed by atoms with van der Waals surface area (Å²) in [5, 5.41) is 15.2. The lowest BCUT2D eigenvalue weighted by Crippen LogP contribution is -2.33. The lowest BCUT2D eigenvalue weighted by atomic mass is 9.82. The average molecular weight is 257 g/mol. The predicted molar refractivity (Wildman–Crippen MR) is 74.2 cm³/mol. The number of nitrogens with zero attached hydrogens (tertiary/aromatic N) is 2. The molecule has 0 saturated heterocycles. The molecule has 1 aromatic carbocycles. The van der Waals surface area contributed by atoms with Crippen LogP contribution in [-0.4, -0.2) is 15.9 Å². The first-order chi connectivity index (χ1) is 9.15. The van der Waals surface area contributed by atoms with Crippen LogP contribution in [0.15, 0.2) is 30.5 Å². The van der Waals surface area contributed by atoms with Crippen molar-refractivity contribution < 1.29 is 4.92 Å². The number of hydrogen-bond acceptors (Lipinski definition) is 4. The van der Waals surface area contributed by atoms with Crippen molar-refractivity contribution in [2.24, 2.45) is 5.92 Å². The third-order valence-electron chi connectivity index (χ3n) is 3.67. The summed E-state index contributed by atoms with van der Waals surface area (Å²) in [5.74, 6) is 0.707. The van der Waals surface area contributed by atoms with Gasteiger partial charge < -0.3 is 5.32 Å². The largest absolute Gasteiger partial charge is 0.377 e. The maximum atomic E-state index is 11.3. The Morgan fingerprint density at radius 3 is 2.84 bits per heavy atom. The van der Waals surface area contributed by atoms with Crippen LogP contribution in [-0.2, 0) is 0 Å². The predicted octanol–water partition coefficient (Wildman–Crippen LogP) is 3.35. The van der Waals surface area contributed by atoms with Crippen LogP contribution in [0.5, 0.6) is 0 Å². The summed E-state index contributed by atoms with van der Waals surface area (Å²) in [4.78, 5) is 15.2. The summed E-state index contributed by atoms with van der Waals surface area (Å²) in [6, 6.07) is 7.41. The highest BCUT2D eigenvalue weighted by Gasteiger charge is 2.28. The Labute approximate surface area is 110 Å². The van der Waals surface area contributed by atoms with Crippen molar-refractivity contribution in [2.45, 2.75) is 25.8 Å². The van der Waals surface area contributed by atoms with Gasteiger partial charge in [-0.2, -0.15) is 0 Å². The van der Waals surface area contributed by atoms with E-state index in [9.17, 15) is 10.1 Å². The minimum atomic E-state index is -0.325. The van der Waals surface area contributed by atoms with E-state index in [4.69, 9.17) is 0 Å².